The van der Waals surface area contributed by atoms with E-state index in [1.807, 2.05) is 12.1 Å². The van der Waals surface area contributed by atoms with Crippen LogP contribution in [0.3, 0.4) is 0 Å². The van der Waals surface area contributed by atoms with E-state index in [1.165, 1.54) is 12.1 Å². The van der Waals surface area contributed by atoms with Crippen molar-refractivity contribution in [2.24, 2.45) is 0 Å². The zero-order valence-corrected chi connectivity index (χ0v) is 10.0. The predicted octanol–water partition coefficient (Wildman–Crippen LogP) is 3.72. The van der Waals surface area contributed by atoms with Crippen molar-refractivity contribution in [2.75, 3.05) is 6.61 Å². The molecule has 0 atom stereocenters. The van der Waals surface area contributed by atoms with Crippen LogP contribution in [0.15, 0.2) is 48.7 Å². The van der Waals surface area contributed by atoms with Crippen LogP contribution in [0.2, 0.25) is 0 Å². The quantitative estimate of drug-likeness (QED) is 0.842. The maximum absolute atomic E-state index is 12.5. The van der Waals surface area contributed by atoms with Gasteiger partial charge in [0.1, 0.15) is 5.75 Å². The molecule has 0 aliphatic rings. The van der Waals surface area contributed by atoms with Crippen LogP contribution < -0.4 is 4.74 Å². The van der Waals surface area contributed by atoms with Crippen LogP contribution in [0.4, 0.5) is 13.2 Å². The van der Waals surface area contributed by atoms with E-state index >= 15 is 0 Å². The second-order valence-corrected chi connectivity index (χ2v) is 3.95. The summed E-state index contributed by atoms with van der Waals surface area (Å²) in [6.45, 7) is 0.290. The van der Waals surface area contributed by atoms with Gasteiger partial charge in [-0.1, -0.05) is 12.1 Å². The molecule has 100 valence electrons. The van der Waals surface area contributed by atoms with Gasteiger partial charge in [0, 0.05) is 18.3 Å². The van der Waals surface area contributed by atoms with Crippen molar-refractivity contribution in [3.63, 3.8) is 0 Å². The molecule has 19 heavy (non-hydrogen) atoms. The van der Waals surface area contributed by atoms with Gasteiger partial charge in [0.05, 0.1) is 12.2 Å². The van der Waals surface area contributed by atoms with Gasteiger partial charge in [-0.05, 0) is 30.3 Å². The Morgan fingerprint density at radius 3 is 2.58 bits per heavy atom. The van der Waals surface area contributed by atoms with Gasteiger partial charge in [-0.15, -0.1) is 0 Å². The lowest BCUT2D eigenvalue weighted by molar-refractivity contribution is -0.137. The minimum atomic E-state index is -4.35. The zero-order chi connectivity index (χ0) is 13.7. The number of alkyl halides is 3. The normalized spacial score (nSPS) is 11.3. The van der Waals surface area contributed by atoms with E-state index in [0.29, 0.717) is 13.0 Å². The Kier molecular flexibility index (Phi) is 4.04. The molecular formula is C14H12F3NO. The van der Waals surface area contributed by atoms with Gasteiger partial charge in [0.25, 0.3) is 0 Å². The number of nitrogens with zero attached hydrogens (tertiary/aromatic N) is 1. The van der Waals surface area contributed by atoms with Crippen LogP contribution in [0, 0.1) is 0 Å². The zero-order valence-electron chi connectivity index (χ0n) is 10.0. The molecule has 1 heterocycles. The monoisotopic (exact) mass is 267 g/mol. The highest BCUT2D eigenvalue weighted by Crippen LogP contribution is 2.31. The minimum absolute atomic E-state index is 0.214. The highest BCUT2D eigenvalue weighted by atomic mass is 19.4. The molecule has 2 rings (SSSR count). The number of hydrogen-bond acceptors (Lipinski definition) is 2. The molecule has 1 aromatic heterocycles. The first-order valence-electron chi connectivity index (χ1n) is 5.76. The van der Waals surface area contributed by atoms with E-state index in [0.717, 1.165) is 17.8 Å². The van der Waals surface area contributed by atoms with Crippen LogP contribution in [-0.2, 0) is 12.6 Å². The van der Waals surface area contributed by atoms with Crippen LogP contribution in [0.5, 0.6) is 5.75 Å². The van der Waals surface area contributed by atoms with Crippen molar-refractivity contribution in [3.05, 3.63) is 59.9 Å². The Bertz CT molecular complexity index is 526. The number of hydrogen-bond donors (Lipinski definition) is 0. The second-order valence-electron chi connectivity index (χ2n) is 3.95. The molecule has 0 aliphatic heterocycles. The SMILES string of the molecule is FC(F)(F)c1cccc(OCCc2ccccn2)c1. The average molecular weight is 267 g/mol. The maximum atomic E-state index is 12.5. The molecule has 0 spiro atoms. The van der Waals surface area contributed by atoms with Gasteiger partial charge in [0.15, 0.2) is 0 Å². The lowest BCUT2D eigenvalue weighted by Crippen LogP contribution is -2.06. The molecule has 2 aromatic rings. The summed E-state index contributed by atoms with van der Waals surface area (Å²) < 4.78 is 42.8. The smallest absolute Gasteiger partial charge is 0.416 e. The van der Waals surface area contributed by atoms with Gasteiger partial charge in [0.2, 0.25) is 0 Å². The molecule has 0 fully saturated rings. The van der Waals surface area contributed by atoms with Crippen LogP contribution >= 0.6 is 0 Å². The van der Waals surface area contributed by atoms with E-state index in [9.17, 15) is 13.2 Å². The second kappa shape index (κ2) is 5.73. The van der Waals surface area contributed by atoms with Gasteiger partial charge in [-0.3, -0.25) is 4.98 Å². The number of benzene rings is 1. The van der Waals surface area contributed by atoms with Crippen molar-refractivity contribution in [2.45, 2.75) is 12.6 Å². The molecule has 1 aromatic carbocycles. The summed E-state index contributed by atoms with van der Waals surface area (Å²) in [4.78, 5) is 4.11. The molecule has 0 saturated carbocycles. The van der Waals surface area contributed by atoms with Crippen LogP contribution in [0.1, 0.15) is 11.3 Å². The van der Waals surface area contributed by atoms with Gasteiger partial charge in [-0.25, -0.2) is 0 Å². The Balaban J connectivity index is 1.93. The molecular weight excluding hydrogens is 255 g/mol. The van der Waals surface area contributed by atoms with Gasteiger partial charge < -0.3 is 4.74 Å². The van der Waals surface area contributed by atoms with E-state index in [1.54, 1.807) is 12.3 Å². The Morgan fingerprint density at radius 2 is 1.89 bits per heavy atom. The summed E-state index contributed by atoms with van der Waals surface area (Å²) in [6.07, 6.45) is -2.13. The fraction of sp³-hybridized carbons (Fsp3) is 0.214. The molecule has 0 unspecified atom stereocenters. The van der Waals surface area contributed by atoms with Crippen molar-refractivity contribution >= 4 is 0 Å². The molecule has 0 amide bonds. The molecule has 5 heteroatoms. The van der Waals surface area contributed by atoms with E-state index < -0.39 is 11.7 Å². The Morgan fingerprint density at radius 1 is 1.05 bits per heavy atom. The highest BCUT2D eigenvalue weighted by molar-refractivity contribution is 5.30. The topological polar surface area (TPSA) is 22.1 Å². The largest absolute Gasteiger partial charge is 0.493 e. The molecule has 2 nitrogen and oxygen atoms in total. The summed E-state index contributed by atoms with van der Waals surface area (Å²) in [6, 6.07) is 10.4. The number of ether oxygens (including phenoxy) is 1. The first kappa shape index (κ1) is 13.4. The summed E-state index contributed by atoms with van der Waals surface area (Å²) in [5.41, 5.74) is 0.136. The Labute approximate surface area is 108 Å². The van der Waals surface area contributed by atoms with E-state index in [4.69, 9.17) is 4.74 Å². The molecule has 0 radical (unpaired) electrons. The summed E-state index contributed by atoms with van der Waals surface area (Å²) >= 11 is 0. The first-order valence-corrected chi connectivity index (χ1v) is 5.76. The van der Waals surface area contributed by atoms with Gasteiger partial charge in [-0.2, -0.15) is 13.2 Å². The van der Waals surface area contributed by atoms with Crippen LogP contribution in [-0.4, -0.2) is 11.6 Å². The predicted molar refractivity (Wildman–Crippen MR) is 64.9 cm³/mol. The third kappa shape index (κ3) is 3.98. The third-order valence-corrected chi connectivity index (χ3v) is 2.51. The number of aromatic nitrogens is 1. The number of rotatable bonds is 4. The fourth-order valence-corrected chi connectivity index (χ4v) is 1.58. The van der Waals surface area contributed by atoms with Crippen LogP contribution in [0.25, 0.3) is 0 Å². The molecule has 0 bridgehead atoms. The molecule has 0 N–H and O–H groups in total. The maximum Gasteiger partial charge on any atom is 0.416 e. The highest BCUT2D eigenvalue weighted by Gasteiger charge is 2.30. The van der Waals surface area contributed by atoms with E-state index in [-0.39, 0.29) is 5.75 Å². The summed E-state index contributed by atoms with van der Waals surface area (Å²) in [5, 5.41) is 0. The van der Waals surface area contributed by atoms with Crippen molar-refractivity contribution in [3.8, 4) is 5.75 Å². The fourth-order valence-electron chi connectivity index (χ4n) is 1.58. The Hall–Kier alpha value is -2.04. The summed E-state index contributed by atoms with van der Waals surface area (Å²) in [5.74, 6) is 0.214. The summed E-state index contributed by atoms with van der Waals surface area (Å²) in [7, 11) is 0. The van der Waals surface area contributed by atoms with Crippen molar-refractivity contribution in [1.82, 2.24) is 4.98 Å². The standard InChI is InChI=1S/C14H12F3NO/c15-14(16,17)11-4-3-6-13(10-11)19-9-7-12-5-1-2-8-18-12/h1-6,8,10H,7,9H2. The lowest BCUT2D eigenvalue weighted by Gasteiger charge is -2.10. The number of halogens is 3. The minimum Gasteiger partial charge on any atom is -0.493 e. The lowest BCUT2D eigenvalue weighted by atomic mass is 10.2. The van der Waals surface area contributed by atoms with Crippen molar-refractivity contribution in [1.29, 1.82) is 0 Å². The first-order chi connectivity index (χ1) is 9.05. The van der Waals surface area contributed by atoms with E-state index in [2.05, 4.69) is 4.98 Å². The number of pyridine rings is 1. The molecule has 0 saturated heterocycles. The van der Waals surface area contributed by atoms with Crippen molar-refractivity contribution < 1.29 is 17.9 Å². The van der Waals surface area contributed by atoms with Gasteiger partial charge >= 0.3 is 6.18 Å². The third-order valence-electron chi connectivity index (χ3n) is 2.51. The average Bonchev–Trinajstić information content (AvgIpc) is 2.39. The molecule has 0 aliphatic carbocycles.